The van der Waals surface area contributed by atoms with Crippen molar-refractivity contribution in [1.29, 1.82) is 0 Å². The summed E-state index contributed by atoms with van der Waals surface area (Å²) in [6.45, 7) is 6.69. The molecule has 1 aromatic carbocycles. The van der Waals surface area contributed by atoms with E-state index < -0.39 is 41.5 Å². The average molecular weight is 426 g/mol. The summed E-state index contributed by atoms with van der Waals surface area (Å²) in [7, 11) is 0. The molecule has 1 fully saturated rings. The van der Waals surface area contributed by atoms with Gasteiger partial charge in [-0.3, -0.25) is 0 Å². The van der Waals surface area contributed by atoms with E-state index in [0.29, 0.717) is 0 Å². The van der Waals surface area contributed by atoms with Crippen LogP contribution in [0.3, 0.4) is 0 Å². The van der Waals surface area contributed by atoms with Gasteiger partial charge in [-0.05, 0) is 61.8 Å². The Kier molecular flexibility index (Phi) is 7.21. The Hall–Kier alpha value is -2.51. The van der Waals surface area contributed by atoms with Crippen molar-refractivity contribution < 1.29 is 37.7 Å². The van der Waals surface area contributed by atoms with Crippen LogP contribution in [0.2, 0.25) is 0 Å². The van der Waals surface area contributed by atoms with E-state index in [1.165, 1.54) is 38.1 Å². The Balaban J connectivity index is 2.11. The predicted octanol–water partition coefficient (Wildman–Crippen LogP) is 4.71. The molecule has 0 aromatic heterocycles. The number of benzene rings is 1. The molecule has 1 aliphatic rings. The van der Waals surface area contributed by atoms with Gasteiger partial charge in [-0.2, -0.15) is 8.78 Å². The SMILES string of the molecule is CC(C)C(OC(=O)c1ccc(C(=O)OC2(C(C)C)CCCC2)cc1)C(F)(F)C(=O)O. The zero-order chi connectivity index (χ0) is 22.7. The molecule has 0 radical (unpaired) electrons. The van der Waals surface area contributed by atoms with Gasteiger partial charge in [-0.15, -0.1) is 0 Å². The van der Waals surface area contributed by atoms with Gasteiger partial charge in [0.1, 0.15) is 5.60 Å². The van der Waals surface area contributed by atoms with Crippen molar-refractivity contribution in [3.8, 4) is 0 Å². The standard InChI is InChI=1S/C22H28F2O6/c1-13(2)17(22(23,24)20(27)28)29-18(25)15-7-9-16(10-8-15)19(26)30-21(14(3)4)11-5-6-12-21/h7-10,13-14,17H,5-6,11-12H2,1-4H3,(H,27,28). The minimum absolute atomic E-state index is 0.0715. The van der Waals surface area contributed by atoms with Gasteiger partial charge in [-0.25, -0.2) is 14.4 Å². The summed E-state index contributed by atoms with van der Waals surface area (Å²) in [6, 6.07) is 5.26. The van der Waals surface area contributed by atoms with Gasteiger partial charge >= 0.3 is 23.8 Å². The highest BCUT2D eigenvalue weighted by atomic mass is 19.3. The number of aliphatic carboxylic acids is 1. The number of esters is 2. The number of hydrogen-bond donors (Lipinski definition) is 1. The van der Waals surface area contributed by atoms with E-state index in [-0.39, 0.29) is 17.0 Å². The fourth-order valence-corrected chi connectivity index (χ4v) is 3.69. The van der Waals surface area contributed by atoms with E-state index in [9.17, 15) is 23.2 Å². The molecule has 1 aliphatic carbocycles. The third kappa shape index (κ3) is 4.96. The summed E-state index contributed by atoms with van der Waals surface area (Å²) in [5.74, 6) is -8.94. The molecule has 1 aromatic rings. The third-order valence-electron chi connectivity index (χ3n) is 5.64. The third-order valence-corrected chi connectivity index (χ3v) is 5.64. The fourth-order valence-electron chi connectivity index (χ4n) is 3.69. The van der Waals surface area contributed by atoms with E-state index >= 15 is 0 Å². The first-order chi connectivity index (χ1) is 13.9. The highest BCUT2D eigenvalue weighted by Gasteiger charge is 2.51. The first-order valence-electron chi connectivity index (χ1n) is 10.1. The second-order valence-electron chi connectivity index (χ2n) is 8.39. The number of alkyl halides is 2. The Labute approximate surface area is 174 Å². The highest BCUT2D eigenvalue weighted by molar-refractivity contribution is 5.93. The molecule has 1 atom stereocenters. The van der Waals surface area contributed by atoms with Gasteiger partial charge in [-0.1, -0.05) is 27.7 Å². The summed E-state index contributed by atoms with van der Waals surface area (Å²) < 4.78 is 38.3. The summed E-state index contributed by atoms with van der Waals surface area (Å²) in [5, 5.41) is 8.73. The molecule has 30 heavy (non-hydrogen) atoms. The molecule has 166 valence electrons. The first-order valence-corrected chi connectivity index (χ1v) is 10.1. The molecule has 2 rings (SSSR count). The molecular formula is C22H28F2O6. The number of hydrogen-bond acceptors (Lipinski definition) is 5. The molecule has 0 amide bonds. The molecule has 1 saturated carbocycles. The summed E-state index contributed by atoms with van der Waals surface area (Å²) in [6.07, 6.45) is 1.47. The van der Waals surface area contributed by atoms with Gasteiger partial charge in [0.15, 0.2) is 6.10 Å². The first kappa shape index (κ1) is 23.8. The van der Waals surface area contributed by atoms with E-state index in [2.05, 4.69) is 0 Å². The minimum Gasteiger partial charge on any atom is -0.477 e. The summed E-state index contributed by atoms with van der Waals surface area (Å²) in [5.41, 5.74) is -0.339. The zero-order valence-corrected chi connectivity index (χ0v) is 17.6. The van der Waals surface area contributed by atoms with Crippen LogP contribution in [0, 0.1) is 11.8 Å². The lowest BCUT2D eigenvalue weighted by Crippen LogP contribution is -2.47. The van der Waals surface area contributed by atoms with Crippen LogP contribution in [-0.4, -0.2) is 40.6 Å². The average Bonchev–Trinajstić information content (AvgIpc) is 3.15. The zero-order valence-electron chi connectivity index (χ0n) is 17.6. The van der Waals surface area contributed by atoms with E-state index in [0.717, 1.165) is 25.7 Å². The van der Waals surface area contributed by atoms with Crippen molar-refractivity contribution in [2.45, 2.75) is 71.0 Å². The maximum absolute atomic E-state index is 13.9. The topological polar surface area (TPSA) is 89.9 Å². The molecule has 8 heteroatoms. The van der Waals surface area contributed by atoms with Crippen LogP contribution in [-0.2, 0) is 14.3 Å². The number of carbonyl (C=O) groups excluding carboxylic acids is 2. The molecule has 6 nitrogen and oxygen atoms in total. The lowest BCUT2D eigenvalue weighted by Gasteiger charge is -2.33. The van der Waals surface area contributed by atoms with Crippen molar-refractivity contribution in [3.63, 3.8) is 0 Å². The predicted molar refractivity (Wildman–Crippen MR) is 105 cm³/mol. The van der Waals surface area contributed by atoms with Crippen molar-refractivity contribution in [1.82, 2.24) is 0 Å². The number of halogens is 2. The number of ether oxygens (including phenoxy) is 2. The molecule has 0 heterocycles. The van der Waals surface area contributed by atoms with Gasteiger partial charge in [0.25, 0.3) is 0 Å². The van der Waals surface area contributed by atoms with Gasteiger partial charge in [0.2, 0.25) is 0 Å². The maximum atomic E-state index is 13.9. The van der Waals surface area contributed by atoms with Crippen molar-refractivity contribution in [2.24, 2.45) is 11.8 Å². The molecule has 0 aliphatic heterocycles. The minimum atomic E-state index is -4.22. The summed E-state index contributed by atoms with van der Waals surface area (Å²) in [4.78, 5) is 35.7. The lowest BCUT2D eigenvalue weighted by atomic mass is 9.88. The van der Waals surface area contributed by atoms with Gasteiger partial charge in [0, 0.05) is 0 Å². The van der Waals surface area contributed by atoms with Crippen LogP contribution in [0.15, 0.2) is 24.3 Å². The molecule has 1 unspecified atom stereocenters. The van der Waals surface area contributed by atoms with Crippen molar-refractivity contribution in [3.05, 3.63) is 35.4 Å². The lowest BCUT2D eigenvalue weighted by molar-refractivity contribution is -0.187. The van der Waals surface area contributed by atoms with Crippen LogP contribution in [0.4, 0.5) is 8.78 Å². The normalized spacial score (nSPS) is 17.1. The number of carboxylic acids is 1. The Morgan fingerprint density at radius 2 is 1.43 bits per heavy atom. The van der Waals surface area contributed by atoms with Crippen LogP contribution in [0.5, 0.6) is 0 Å². The Morgan fingerprint density at radius 1 is 0.967 bits per heavy atom. The van der Waals surface area contributed by atoms with Crippen molar-refractivity contribution in [2.75, 3.05) is 0 Å². The number of carboxylic acid groups (broad SMARTS) is 1. The number of carbonyl (C=O) groups is 3. The smallest absolute Gasteiger partial charge is 0.378 e. The molecule has 0 spiro atoms. The molecular weight excluding hydrogens is 398 g/mol. The van der Waals surface area contributed by atoms with Crippen LogP contribution in [0.25, 0.3) is 0 Å². The molecule has 1 N–H and O–H groups in total. The monoisotopic (exact) mass is 426 g/mol. The van der Waals surface area contributed by atoms with Crippen LogP contribution < -0.4 is 0 Å². The maximum Gasteiger partial charge on any atom is 0.378 e. The second-order valence-corrected chi connectivity index (χ2v) is 8.39. The van der Waals surface area contributed by atoms with Gasteiger partial charge in [0.05, 0.1) is 11.1 Å². The summed E-state index contributed by atoms with van der Waals surface area (Å²) >= 11 is 0. The van der Waals surface area contributed by atoms with E-state index in [1.54, 1.807) is 0 Å². The number of rotatable bonds is 8. The Bertz CT molecular complexity index is 779. The van der Waals surface area contributed by atoms with Crippen LogP contribution >= 0.6 is 0 Å². The largest absolute Gasteiger partial charge is 0.477 e. The van der Waals surface area contributed by atoms with Crippen molar-refractivity contribution >= 4 is 17.9 Å². The van der Waals surface area contributed by atoms with Crippen LogP contribution in [0.1, 0.15) is 74.1 Å². The molecule has 0 saturated heterocycles. The van der Waals surface area contributed by atoms with E-state index in [4.69, 9.17) is 14.6 Å². The quantitative estimate of drug-likeness (QED) is 0.606. The second kappa shape index (κ2) is 9.10. The Morgan fingerprint density at radius 3 is 1.83 bits per heavy atom. The van der Waals surface area contributed by atoms with E-state index in [1.807, 2.05) is 13.8 Å². The molecule has 0 bridgehead atoms. The highest BCUT2D eigenvalue weighted by Crippen LogP contribution is 2.39. The van der Waals surface area contributed by atoms with Gasteiger partial charge < -0.3 is 14.6 Å². The fraction of sp³-hybridized carbons (Fsp3) is 0.591.